The van der Waals surface area contributed by atoms with Crippen molar-refractivity contribution in [3.05, 3.63) is 12.7 Å². The van der Waals surface area contributed by atoms with E-state index in [9.17, 15) is 0 Å². The SMILES string of the molecule is C=CCCC(OCCOC)OCCOC. The molecule has 4 heteroatoms. The van der Waals surface area contributed by atoms with E-state index in [0.29, 0.717) is 26.4 Å². The van der Waals surface area contributed by atoms with Gasteiger partial charge in [-0.05, 0) is 6.42 Å². The van der Waals surface area contributed by atoms with Crippen LogP contribution in [0.1, 0.15) is 12.8 Å². The maximum absolute atomic E-state index is 5.48. The van der Waals surface area contributed by atoms with Crippen LogP contribution in [0.3, 0.4) is 0 Å². The average Bonchev–Trinajstić information content (AvgIpc) is 2.25. The monoisotopic (exact) mass is 218 g/mol. The topological polar surface area (TPSA) is 36.9 Å². The lowest BCUT2D eigenvalue weighted by Gasteiger charge is -2.17. The van der Waals surface area contributed by atoms with Crippen molar-refractivity contribution in [3.8, 4) is 0 Å². The van der Waals surface area contributed by atoms with Crippen LogP contribution < -0.4 is 0 Å². The normalized spacial score (nSPS) is 10.9. The van der Waals surface area contributed by atoms with Gasteiger partial charge in [-0.3, -0.25) is 0 Å². The second-order valence-electron chi connectivity index (χ2n) is 3.02. The molecule has 0 saturated heterocycles. The van der Waals surface area contributed by atoms with E-state index in [1.807, 2.05) is 6.08 Å². The molecule has 0 aromatic carbocycles. The van der Waals surface area contributed by atoms with E-state index in [1.54, 1.807) is 14.2 Å². The molecule has 4 nitrogen and oxygen atoms in total. The molecule has 0 aliphatic rings. The van der Waals surface area contributed by atoms with E-state index in [0.717, 1.165) is 12.8 Å². The summed E-state index contributed by atoms with van der Waals surface area (Å²) in [4.78, 5) is 0. The van der Waals surface area contributed by atoms with Gasteiger partial charge in [-0.15, -0.1) is 6.58 Å². The smallest absolute Gasteiger partial charge is 0.158 e. The van der Waals surface area contributed by atoms with Gasteiger partial charge in [-0.1, -0.05) is 6.08 Å². The summed E-state index contributed by atoms with van der Waals surface area (Å²) < 4.78 is 20.8. The number of allylic oxidation sites excluding steroid dienone is 1. The largest absolute Gasteiger partial charge is 0.382 e. The van der Waals surface area contributed by atoms with Crippen LogP contribution in [-0.4, -0.2) is 46.9 Å². The summed E-state index contributed by atoms with van der Waals surface area (Å²) in [5.41, 5.74) is 0. The quantitative estimate of drug-likeness (QED) is 0.300. The Morgan fingerprint density at radius 1 is 1.00 bits per heavy atom. The highest BCUT2D eigenvalue weighted by molar-refractivity contribution is 4.66. The molecule has 0 saturated carbocycles. The van der Waals surface area contributed by atoms with E-state index in [1.165, 1.54) is 0 Å². The fourth-order valence-electron chi connectivity index (χ4n) is 0.994. The molecule has 0 aromatic rings. The molecule has 0 rings (SSSR count). The third kappa shape index (κ3) is 9.87. The van der Waals surface area contributed by atoms with Crippen molar-refractivity contribution in [2.24, 2.45) is 0 Å². The Hall–Kier alpha value is -0.420. The van der Waals surface area contributed by atoms with Crippen LogP contribution in [0.5, 0.6) is 0 Å². The molecule has 0 spiro atoms. The number of rotatable bonds is 11. The molecule has 0 atom stereocenters. The van der Waals surface area contributed by atoms with Crippen LogP contribution in [0, 0.1) is 0 Å². The molecule has 0 radical (unpaired) electrons. The summed E-state index contributed by atoms with van der Waals surface area (Å²) >= 11 is 0. The Labute approximate surface area is 92.2 Å². The van der Waals surface area contributed by atoms with Crippen molar-refractivity contribution >= 4 is 0 Å². The van der Waals surface area contributed by atoms with E-state index in [2.05, 4.69) is 6.58 Å². The van der Waals surface area contributed by atoms with E-state index in [-0.39, 0.29) is 6.29 Å². The fraction of sp³-hybridized carbons (Fsp3) is 0.818. The van der Waals surface area contributed by atoms with Gasteiger partial charge in [0.1, 0.15) is 0 Å². The summed E-state index contributed by atoms with van der Waals surface area (Å²) in [6.07, 6.45) is 3.36. The first-order chi connectivity index (χ1) is 7.35. The zero-order valence-electron chi connectivity index (χ0n) is 9.74. The molecular formula is C11H22O4. The molecule has 0 aromatic heterocycles. The first-order valence-electron chi connectivity index (χ1n) is 5.17. The lowest BCUT2D eigenvalue weighted by molar-refractivity contribution is -0.157. The van der Waals surface area contributed by atoms with Gasteiger partial charge >= 0.3 is 0 Å². The minimum absolute atomic E-state index is 0.187. The Kier molecular flexibility index (Phi) is 11.3. The lowest BCUT2D eigenvalue weighted by atomic mass is 10.3. The van der Waals surface area contributed by atoms with E-state index in [4.69, 9.17) is 18.9 Å². The Balaban J connectivity index is 3.57. The number of hydrogen-bond donors (Lipinski definition) is 0. The molecule has 0 bridgehead atoms. The highest BCUT2D eigenvalue weighted by Crippen LogP contribution is 2.04. The highest BCUT2D eigenvalue weighted by atomic mass is 16.7. The third-order valence-electron chi connectivity index (χ3n) is 1.79. The standard InChI is InChI=1S/C11H22O4/c1-4-5-6-11(14-9-7-12-2)15-10-8-13-3/h4,11H,1,5-10H2,2-3H3. The molecule has 0 N–H and O–H groups in total. The fourth-order valence-corrected chi connectivity index (χ4v) is 0.994. The first kappa shape index (κ1) is 14.6. The van der Waals surface area contributed by atoms with Gasteiger partial charge in [-0.2, -0.15) is 0 Å². The maximum Gasteiger partial charge on any atom is 0.158 e. The van der Waals surface area contributed by atoms with Gasteiger partial charge in [0.25, 0.3) is 0 Å². The number of ether oxygens (including phenoxy) is 4. The van der Waals surface area contributed by atoms with Gasteiger partial charge in [-0.25, -0.2) is 0 Å². The number of methoxy groups -OCH3 is 2. The summed E-state index contributed by atoms with van der Waals surface area (Å²) in [5, 5.41) is 0. The summed E-state index contributed by atoms with van der Waals surface area (Å²) in [7, 11) is 3.29. The van der Waals surface area contributed by atoms with Gasteiger partial charge in [0.05, 0.1) is 26.4 Å². The Morgan fingerprint density at radius 2 is 1.53 bits per heavy atom. The van der Waals surface area contributed by atoms with Gasteiger partial charge in [0, 0.05) is 20.6 Å². The Bertz CT molecular complexity index is 129. The highest BCUT2D eigenvalue weighted by Gasteiger charge is 2.07. The van der Waals surface area contributed by atoms with Gasteiger partial charge in [0.2, 0.25) is 0 Å². The Morgan fingerprint density at radius 3 is 1.93 bits per heavy atom. The van der Waals surface area contributed by atoms with Crippen LogP contribution in [-0.2, 0) is 18.9 Å². The van der Waals surface area contributed by atoms with Crippen LogP contribution in [0.2, 0.25) is 0 Å². The minimum atomic E-state index is -0.187. The maximum atomic E-state index is 5.48. The van der Waals surface area contributed by atoms with Crippen LogP contribution in [0.4, 0.5) is 0 Å². The second kappa shape index (κ2) is 11.7. The second-order valence-corrected chi connectivity index (χ2v) is 3.02. The van der Waals surface area contributed by atoms with Crippen molar-refractivity contribution in [1.82, 2.24) is 0 Å². The summed E-state index contributed by atoms with van der Waals surface area (Å²) in [6.45, 7) is 5.92. The lowest BCUT2D eigenvalue weighted by Crippen LogP contribution is -2.21. The van der Waals surface area contributed by atoms with Crippen LogP contribution >= 0.6 is 0 Å². The summed E-state index contributed by atoms with van der Waals surface area (Å²) in [6, 6.07) is 0. The van der Waals surface area contributed by atoms with Crippen molar-refractivity contribution in [3.63, 3.8) is 0 Å². The molecular weight excluding hydrogens is 196 g/mol. The van der Waals surface area contributed by atoms with Gasteiger partial charge in [0.15, 0.2) is 6.29 Å². The van der Waals surface area contributed by atoms with E-state index < -0.39 is 0 Å². The average molecular weight is 218 g/mol. The minimum Gasteiger partial charge on any atom is -0.382 e. The molecule has 0 amide bonds. The van der Waals surface area contributed by atoms with Crippen molar-refractivity contribution in [2.75, 3.05) is 40.6 Å². The number of hydrogen-bond acceptors (Lipinski definition) is 4. The molecule has 15 heavy (non-hydrogen) atoms. The molecule has 90 valence electrons. The van der Waals surface area contributed by atoms with Crippen molar-refractivity contribution < 1.29 is 18.9 Å². The van der Waals surface area contributed by atoms with Gasteiger partial charge < -0.3 is 18.9 Å². The van der Waals surface area contributed by atoms with E-state index >= 15 is 0 Å². The zero-order chi connectivity index (χ0) is 11.4. The van der Waals surface area contributed by atoms with Crippen molar-refractivity contribution in [2.45, 2.75) is 19.1 Å². The predicted octanol–water partition coefficient (Wildman–Crippen LogP) is 1.60. The van der Waals surface area contributed by atoms with Crippen molar-refractivity contribution in [1.29, 1.82) is 0 Å². The third-order valence-corrected chi connectivity index (χ3v) is 1.79. The zero-order valence-corrected chi connectivity index (χ0v) is 9.74. The van der Waals surface area contributed by atoms with Crippen LogP contribution in [0.25, 0.3) is 0 Å². The predicted molar refractivity (Wildman–Crippen MR) is 58.9 cm³/mol. The summed E-state index contributed by atoms with van der Waals surface area (Å²) in [5.74, 6) is 0. The molecule has 0 aliphatic carbocycles. The molecule has 0 unspecified atom stereocenters. The molecule has 0 aliphatic heterocycles. The first-order valence-corrected chi connectivity index (χ1v) is 5.17. The molecule has 0 heterocycles. The van der Waals surface area contributed by atoms with Crippen LogP contribution in [0.15, 0.2) is 12.7 Å². The molecule has 0 fully saturated rings.